The predicted molar refractivity (Wildman–Crippen MR) is 95.1 cm³/mol. The van der Waals surface area contributed by atoms with E-state index >= 15 is 0 Å². The number of carbonyl (C=O) groups is 1. The van der Waals surface area contributed by atoms with Gasteiger partial charge in [0.1, 0.15) is 5.69 Å². The lowest BCUT2D eigenvalue weighted by molar-refractivity contribution is 0.0703. The monoisotopic (exact) mass is 364 g/mol. The number of sulfone groups is 1. The highest BCUT2D eigenvalue weighted by Gasteiger charge is 2.34. The molecule has 0 bridgehead atoms. The summed E-state index contributed by atoms with van der Waals surface area (Å²) < 4.78 is 23.4. The van der Waals surface area contributed by atoms with Crippen molar-refractivity contribution in [3.05, 3.63) is 52.0 Å². The smallest absolute Gasteiger partial charge is 0.273 e. The van der Waals surface area contributed by atoms with Crippen LogP contribution in [0.2, 0.25) is 0 Å². The first-order valence-electron chi connectivity index (χ1n) is 7.98. The van der Waals surface area contributed by atoms with Crippen LogP contribution in [0.3, 0.4) is 0 Å². The summed E-state index contributed by atoms with van der Waals surface area (Å²) in [5.74, 6) is 0.0564. The molecular formula is C17H20N2O3S2. The Bertz CT molecular complexity index is 815. The van der Waals surface area contributed by atoms with E-state index in [1.54, 1.807) is 10.3 Å². The molecule has 0 aliphatic carbocycles. The minimum Gasteiger partial charge on any atom is -0.334 e. The van der Waals surface area contributed by atoms with E-state index < -0.39 is 9.84 Å². The van der Waals surface area contributed by atoms with E-state index in [4.69, 9.17) is 0 Å². The third-order valence-corrected chi connectivity index (χ3v) is 6.82. The Kier molecular flexibility index (Phi) is 5.01. The number of nitrogens with zero attached hydrogens (tertiary/aromatic N) is 2. The fraction of sp³-hybridized carbons (Fsp3) is 0.412. The molecule has 1 aromatic heterocycles. The van der Waals surface area contributed by atoms with Gasteiger partial charge in [0.2, 0.25) is 0 Å². The minimum absolute atomic E-state index is 0.0631. The van der Waals surface area contributed by atoms with Gasteiger partial charge in [-0.3, -0.25) is 4.79 Å². The maximum atomic E-state index is 12.7. The van der Waals surface area contributed by atoms with Crippen molar-refractivity contribution in [2.24, 2.45) is 0 Å². The molecule has 0 radical (unpaired) electrons. The van der Waals surface area contributed by atoms with Crippen LogP contribution in [-0.4, -0.2) is 48.3 Å². The quantitative estimate of drug-likeness (QED) is 0.817. The van der Waals surface area contributed by atoms with Crippen LogP contribution in [0, 0.1) is 0 Å². The number of benzene rings is 1. The molecule has 2 aromatic rings. The lowest BCUT2D eigenvalue weighted by atomic mass is 10.2. The molecule has 24 heavy (non-hydrogen) atoms. The average Bonchev–Trinajstić information content (AvgIpc) is 3.16. The van der Waals surface area contributed by atoms with Crippen LogP contribution >= 0.6 is 11.3 Å². The van der Waals surface area contributed by atoms with E-state index in [1.807, 2.05) is 37.3 Å². The van der Waals surface area contributed by atoms with E-state index in [2.05, 4.69) is 4.98 Å². The maximum Gasteiger partial charge on any atom is 0.273 e. The number of hydrogen-bond acceptors (Lipinski definition) is 5. The van der Waals surface area contributed by atoms with Crippen molar-refractivity contribution in [2.45, 2.75) is 25.8 Å². The molecule has 0 saturated carbocycles. The van der Waals surface area contributed by atoms with E-state index in [0.29, 0.717) is 25.1 Å². The molecule has 0 N–H and O–H groups in total. The van der Waals surface area contributed by atoms with E-state index in [1.165, 1.54) is 11.3 Å². The van der Waals surface area contributed by atoms with Crippen LogP contribution in [0.5, 0.6) is 0 Å². The van der Waals surface area contributed by atoms with E-state index in [-0.39, 0.29) is 23.5 Å². The van der Waals surface area contributed by atoms with Gasteiger partial charge in [0.15, 0.2) is 9.84 Å². The molecule has 1 fully saturated rings. The van der Waals surface area contributed by atoms with Gasteiger partial charge in [0.05, 0.1) is 16.5 Å². The van der Waals surface area contributed by atoms with E-state index in [9.17, 15) is 13.2 Å². The Labute approximate surface area is 146 Å². The zero-order valence-corrected chi connectivity index (χ0v) is 15.1. The third kappa shape index (κ3) is 3.84. The normalized spacial score (nSPS) is 19.3. The van der Waals surface area contributed by atoms with Crippen molar-refractivity contribution < 1.29 is 13.2 Å². The Morgan fingerprint density at radius 2 is 2.08 bits per heavy atom. The van der Waals surface area contributed by atoms with Crippen LogP contribution in [-0.2, 0) is 16.3 Å². The lowest BCUT2D eigenvalue weighted by Gasteiger charge is -2.25. The molecule has 5 nitrogen and oxygen atoms in total. The van der Waals surface area contributed by atoms with Crippen LogP contribution in [0.25, 0.3) is 0 Å². The molecule has 1 atom stereocenters. The summed E-state index contributed by atoms with van der Waals surface area (Å²) >= 11 is 1.47. The SMILES string of the molecule is CCN(C(=O)c1csc(Cc2ccccc2)n1)[C@H]1CCS(=O)(=O)C1. The number of aromatic nitrogens is 1. The number of hydrogen-bond donors (Lipinski definition) is 0. The van der Waals surface area contributed by atoms with Crippen molar-refractivity contribution in [2.75, 3.05) is 18.1 Å². The van der Waals surface area contributed by atoms with Crippen LogP contribution < -0.4 is 0 Å². The van der Waals surface area contributed by atoms with Crippen molar-refractivity contribution >= 4 is 27.1 Å². The molecule has 128 valence electrons. The van der Waals surface area contributed by atoms with Crippen molar-refractivity contribution in [3.63, 3.8) is 0 Å². The highest BCUT2D eigenvalue weighted by Crippen LogP contribution is 2.21. The molecule has 0 spiro atoms. The molecule has 1 aromatic carbocycles. The summed E-state index contributed by atoms with van der Waals surface area (Å²) in [6.45, 7) is 2.37. The van der Waals surface area contributed by atoms with Gasteiger partial charge in [-0.25, -0.2) is 13.4 Å². The van der Waals surface area contributed by atoms with Gasteiger partial charge in [-0.2, -0.15) is 0 Å². The Hall–Kier alpha value is -1.73. The largest absolute Gasteiger partial charge is 0.334 e. The lowest BCUT2D eigenvalue weighted by Crippen LogP contribution is -2.41. The zero-order valence-electron chi connectivity index (χ0n) is 13.5. The first kappa shape index (κ1) is 17.1. The number of thiazole rings is 1. The predicted octanol–water partition coefficient (Wildman–Crippen LogP) is 2.38. The molecule has 3 rings (SSSR count). The molecule has 1 aliphatic heterocycles. The Morgan fingerprint density at radius 3 is 2.71 bits per heavy atom. The first-order chi connectivity index (χ1) is 11.5. The van der Waals surface area contributed by atoms with Gasteiger partial charge in [-0.15, -0.1) is 11.3 Å². The summed E-state index contributed by atoms with van der Waals surface area (Å²) in [5, 5.41) is 2.66. The van der Waals surface area contributed by atoms with Gasteiger partial charge in [-0.1, -0.05) is 30.3 Å². The Balaban J connectivity index is 1.72. The second-order valence-electron chi connectivity index (χ2n) is 5.94. The highest BCUT2D eigenvalue weighted by atomic mass is 32.2. The molecule has 0 unspecified atom stereocenters. The molecular weight excluding hydrogens is 344 g/mol. The second kappa shape index (κ2) is 7.03. The topological polar surface area (TPSA) is 67.3 Å². The van der Waals surface area contributed by atoms with Crippen molar-refractivity contribution in [3.8, 4) is 0 Å². The average molecular weight is 364 g/mol. The molecule has 2 heterocycles. The first-order valence-corrected chi connectivity index (χ1v) is 10.7. The maximum absolute atomic E-state index is 12.7. The van der Waals surface area contributed by atoms with Gasteiger partial charge < -0.3 is 4.90 Å². The van der Waals surface area contributed by atoms with Crippen LogP contribution in [0.1, 0.15) is 34.4 Å². The van der Waals surface area contributed by atoms with E-state index in [0.717, 1.165) is 10.6 Å². The fourth-order valence-corrected chi connectivity index (χ4v) is 5.53. The standard InChI is InChI=1S/C17H20N2O3S2/c1-2-19(14-8-9-24(21,22)12-14)17(20)15-11-23-16(18-15)10-13-6-4-3-5-7-13/h3-7,11,14H,2,8-10,12H2,1H3/t14-/m0/s1. The van der Waals surface area contributed by atoms with Crippen molar-refractivity contribution in [1.82, 2.24) is 9.88 Å². The van der Waals surface area contributed by atoms with Gasteiger partial charge >= 0.3 is 0 Å². The minimum atomic E-state index is -3.01. The van der Waals surface area contributed by atoms with Crippen LogP contribution in [0.15, 0.2) is 35.7 Å². The summed E-state index contributed by atoms with van der Waals surface area (Å²) in [6.07, 6.45) is 1.21. The van der Waals surface area contributed by atoms with Gasteiger partial charge in [0.25, 0.3) is 5.91 Å². The van der Waals surface area contributed by atoms with Gasteiger partial charge in [-0.05, 0) is 18.9 Å². The second-order valence-corrected chi connectivity index (χ2v) is 9.11. The summed E-state index contributed by atoms with van der Waals surface area (Å²) in [6, 6.07) is 9.76. The fourth-order valence-electron chi connectivity index (χ4n) is 3.00. The molecule has 1 amide bonds. The van der Waals surface area contributed by atoms with Crippen LogP contribution in [0.4, 0.5) is 0 Å². The number of carbonyl (C=O) groups excluding carboxylic acids is 1. The molecule has 1 saturated heterocycles. The number of amides is 1. The summed E-state index contributed by atoms with van der Waals surface area (Å²) in [5.41, 5.74) is 1.57. The third-order valence-electron chi connectivity index (χ3n) is 4.22. The van der Waals surface area contributed by atoms with Gasteiger partial charge in [0, 0.05) is 24.4 Å². The van der Waals surface area contributed by atoms with Crippen molar-refractivity contribution in [1.29, 1.82) is 0 Å². The summed E-state index contributed by atoms with van der Waals surface area (Å²) in [4.78, 5) is 18.8. The summed E-state index contributed by atoms with van der Waals surface area (Å²) in [7, 11) is -3.01. The highest BCUT2D eigenvalue weighted by molar-refractivity contribution is 7.91. The molecule has 1 aliphatic rings. The zero-order chi connectivity index (χ0) is 17.2. The Morgan fingerprint density at radius 1 is 1.33 bits per heavy atom. The molecule has 7 heteroatoms. The number of rotatable bonds is 5.